The summed E-state index contributed by atoms with van der Waals surface area (Å²) >= 11 is 0. The average Bonchev–Trinajstić information content (AvgIpc) is 3.08. The van der Waals surface area contributed by atoms with Crippen LogP contribution in [0.2, 0.25) is 0 Å². The molecule has 4 nitrogen and oxygen atoms in total. The predicted octanol–water partition coefficient (Wildman–Crippen LogP) is 3.27. The van der Waals surface area contributed by atoms with Crippen LogP contribution in [0.15, 0.2) is 61.2 Å². The van der Waals surface area contributed by atoms with E-state index in [9.17, 15) is 5.11 Å². The third-order valence-electron chi connectivity index (χ3n) is 3.78. The summed E-state index contributed by atoms with van der Waals surface area (Å²) in [6, 6.07) is 13.5. The molecule has 1 unspecified atom stereocenters. The van der Waals surface area contributed by atoms with Gasteiger partial charge in [0.1, 0.15) is 11.9 Å². The fourth-order valence-corrected chi connectivity index (χ4v) is 2.55. The van der Waals surface area contributed by atoms with Crippen molar-refractivity contribution >= 4 is 0 Å². The molecule has 3 rings (SSSR count). The molecule has 0 fully saturated rings. The molecular formula is C18H18N2O2. The van der Waals surface area contributed by atoms with E-state index in [1.807, 2.05) is 60.2 Å². The zero-order chi connectivity index (χ0) is 15.5. The van der Waals surface area contributed by atoms with Gasteiger partial charge in [-0.15, -0.1) is 0 Å². The molecule has 0 radical (unpaired) electrons. The Morgan fingerprint density at radius 3 is 2.68 bits per heavy atom. The van der Waals surface area contributed by atoms with Crippen LogP contribution in [0.5, 0.6) is 5.75 Å². The smallest absolute Gasteiger partial charge is 0.142 e. The molecule has 0 aliphatic rings. The minimum Gasteiger partial charge on any atom is -0.495 e. The Bertz CT molecular complexity index is 767. The van der Waals surface area contributed by atoms with Crippen molar-refractivity contribution in [2.45, 2.75) is 13.0 Å². The second-order valence-electron chi connectivity index (χ2n) is 5.16. The van der Waals surface area contributed by atoms with Crippen LogP contribution in [0.4, 0.5) is 0 Å². The fourth-order valence-electron chi connectivity index (χ4n) is 2.55. The van der Waals surface area contributed by atoms with Gasteiger partial charge in [0.25, 0.3) is 0 Å². The maximum absolute atomic E-state index is 10.7. The van der Waals surface area contributed by atoms with E-state index in [0.717, 1.165) is 28.1 Å². The van der Waals surface area contributed by atoms with Crippen LogP contribution in [-0.2, 0) is 0 Å². The van der Waals surface area contributed by atoms with Gasteiger partial charge < -0.3 is 14.4 Å². The quantitative estimate of drug-likeness (QED) is 0.803. The molecule has 0 spiro atoms. The van der Waals surface area contributed by atoms with Gasteiger partial charge in [-0.05, 0) is 35.7 Å². The summed E-state index contributed by atoms with van der Waals surface area (Å²) in [5.74, 6) is 0.735. The molecule has 2 aromatic carbocycles. The van der Waals surface area contributed by atoms with Crippen molar-refractivity contribution in [3.05, 3.63) is 77.9 Å². The summed E-state index contributed by atoms with van der Waals surface area (Å²) in [6.07, 6.45) is 4.60. The van der Waals surface area contributed by atoms with E-state index in [1.165, 1.54) is 0 Å². The molecule has 1 aromatic heterocycles. The summed E-state index contributed by atoms with van der Waals surface area (Å²) in [4.78, 5) is 4.07. The monoisotopic (exact) mass is 294 g/mol. The number of rotatable bonds is 4. The van der Waals surface area contributed by atoms with Gasteiger partial charge in [-0.25, -0.2) is 4.98 Å². The highest BCUT2D eigenvalue weighted by Gasteiger charge is 2.15. The van der Waals surface area contributed by atoms with Crippen molar-refractivity contribution in [2.75, 3.05) is 7.11 Å². The van der Waals surface area contributed by atoms with Gasteiger partial charge in [0.2, 0.25) is 0 Å². The molecule has 0 aliphatic carbocycles. The Labute approximate surface area is 129 Å². The Balaban J connectivity index is 2.05. The zero-order valence-electron chi connectivity index (χ0n) is 12.6. The fraction of sp³-hybridized carbons (Fsp3) is 0.167. The molecule has 0 saturated carbocycles. The molecule has 0 amide bonds. The molecule has 0 bridgehead atoms. The third kappa shape index (κ3) is 2.61. The van der Waals surface area contributed by atoms with E-state index >= 15 is 0 Å². The van der Waals surface area contributed by atoms with E-state index < -0.39 is 6.10 Å². The number of ether oxygens (including phenoxy) is 1. The van der Waals surface area contributed by atoms with Gasteiger partial charge in [-0.3, -0.25) is 0 Å². The number of benzene rings is 2. The lowest BCUT2D eigenvalue weighted by molar-refractivity contribution is 0.219. The van der Waals surface area contributed by atoms with Crippen LogP contribution in [0, 0.1) is 6.92 Å². The largest absolute Gasteiger partial charge is 0.495 e. The van der Waals surface area contributed by atoms with Crippen LogP contribution >= 0.6 is 0 Å². The lowest BCUT2D eigenvalue weighted by Gasteiger charge is -2.17. The highest BCUT2D eigenvalue weighted by Crippen LogP contribution is 2.30. The lowest BCUT2D eigenvalue weighted by atomic mass is 9.97. The van der Waals surface area contributed by atoms with Crippen LogP contribution in [0.3, 0.4) is 0 Å². The maximum atomic E-state index is 10.7. The Morgan fingerprint density at radius 1 is 1.18 bits per heavy atom. The molecule has 0 aliphatic heterocycles. The highest BCUT2D eigenvalue weighted by atomic mass is 16.5. The van der Waals surface area contributed by atoms with Crippen molar-refractivity contribution in [1.29, 1.82) is 0 Å². The number of hydrogen-bond acceptors (Lipinski definition) is 3. The Kier molecular flexibility index (Phi) is 3.94. The van der Waals surface area contributed by atoms with Gasteiger partial charge in [-0.2, -0.15) is 0 Å². The van der Waals surface area contributed by atoms with Gasteiger partial charge in [0.05, 0.1) is 19.1 Å². The van der Waals surface area contributed by atoms with Crippen molar-refractivity contribution in [3.63, 3.8) is 0 Å². The topological polar surface area (TPSA) is 47.3 Å². The highest BCUT2D eigenvalue weighted by molar-refractivity contribution is 5.51. The number of aromatic nitrogens is 2. The van der Waals surface area contributed by atoms with Crippen LogP contribution in [0.25, 0.3) is 5.69 Å². The maximum Gasteiger partial charge on any atom is 0.142 e. The van der Waals surface area contributed by atoms with Crippen molar-refractivity contribution in [1.82, 2.24) is 9.55 Å². The summed E-state index contributed by atoms with van der Waals surface area (Å²) in [7, 11) is 1.63. The first-order valence-corrected chi connectivity index (χ1v) is 7.10. The lowest BCUT2D eigenvalue weighted by Crippen LogP contribution is -2.04. The van der Waals surface area contributed by atoms with Gasteiger partial charge >= 0.3 is 0 Å². The molecule has 3 aromatic rings. The number of aliphatic hydroxyl groups excluding tert-OH is 1. The summed E-state index contributed by atoms with van der Waals surface area (Å²) in [6.45, 7) is 2.00. The van der Waals surface area contributed by atoms with Crippen molar-refractivity contribution in [2.24, 2.45) is 0 Å². The summed E-state index contributed by atoms with van der Waals surface area (Å²) < 4.78 is 7.27. The molecular weight excluding hydrogens is 276 g/mol. The molecule has 0 saturated heterocycles. The van der Waals surface area contributed by atoms with E-state index in [2.05, 4.69) is 4.98 Å². The average molecular weight is 294 g/mol. The number of methoxy groups -OCH3 is 1. The van der Waals surface area contributed by atoms with Crippen LogP contribution < -0.4 is 4.74 Å². The number of imidazole rings is 1. The Hall–Kier alpha value is -2.59. The molecule has 1 atom stereocenters. The first-order valence-electron chi connectivity index (χ1n) is 7.10. The first kappa shape index (κ1) is 14.4. The van der Waals surface area contributed by atoms with Crippen molar-refractivity contribution < 1.29 is 9.84 Å². The first-order chi connectivity index (χ1) is 10.7. The number of aliphatic hydroxyl groups is 1. The van der Waals surface area contributed by atoms with Gasteiger partial charge in [0.15, 0.2) is 0 Å². The van der Waals surface area contributed by atoms with Crippen molar-refractivity contribution in [3.8, 4) is 11.4 Å². The number of hydrogen-bond donors (Lipinski definition) is 1. The predicted molar refractivity (Wildman–Crippen MR) is 85.4 cm³/mol. The standard InChI is InChI=1S/C18H18N2O2/c1-13-5-3-4-6-15(13)18(21)14-7-8-17(22-2)16(11-14)20-10-9-19-12-20/h3-12,18,21H,1-2H3. The number of aryl methyl sites for hydroxylation is 1. The van der Waals surface area contributed by atoms with E-state index in [-0.39, 0.29) is 0 Å². The SMILES string of the molecule is COc1ccc(C(O)c2ccccc2C)cc1-n1ccnc1. The normalized spacial score (nSPS) is 12.1. The Morgan fingerprint density at radius 2 is 2.00 bits per heavy atom. The van der Waals surface area contributed by atoms with Crippen LogP contribution in [-0.4, -0.2) is 21.8 Å². The molecule has 112 valence electrons. The van der Waals surface area contributed by atoms with E-state index in [0.29, 0.717) is 0 Å². The second-order valence-corrected chi connectivity index (χ2v) is 5.16. The zero-order valence-corrected chi connectivity index (χ0v) is 12.6. The van der Waals surface area contributed by atoms with Gasteiger partial charge in [-0.1, -0.05) is 30.3 Å². The molecule has 1 N–H and O–H groups in total. The van der Waals surface area contributed by atoms with Gasteiger partial charge in [0, 0.05) is 12.4 Å². The number of nitrogens with zero attached hydrogens (tertiary/aromatic N) is 2. The summed E-state index contributed by atoms with van der Waals surface area (Å²) in [5, 5.41) is 10.7. The molecule has 22 heavy (non-hydrogen) atoms. The summed E-state index contributed by atoms with van der Waals surface area (Å²) in [5.41, 5.74) is 3.64. The third-order valence-corrected chi connectivity index (χ3v) is 3.78. The van der Waals surface area contributed by atoms with E-state index in [1.54, 1.807) is 19.6 Å². The minimum absolute atomic E-state index is 0.672. The second kappa shape index (κ2) is 6.03. The molecule has 1 heterocycles. The molecule has 4 heteroatoms. The minimum atomic E-state index is -0.672. The van der Waals surface area contributed by atoms with Crippen LogP contribution in [0.1, 0.15) is 22.8 Å². The van der Waals surface area contributed by atoms with E-state index in [4.69, 9.17) is 4.74 Å².